The highest BCUT2D eigenvalue weighted by Gasteiger charge is 2.48. The molecule has 1 rings (SSSR count). The average Bonchev–Trinajstić information content (AvgIpc) is 3.56. The number of hydrogen-bond donors (Lipinski definition) is 2. The number of esters is 1. The van der Waals surface area contributed by atoms with Gasteiger partial charge in [0.25, 0.3) is 0 Å². The first-order valence-corrected chi connectivity index (χ1v) is 21.7. The Labute approximate surface area is 309 Å². The molecule has 0 spiro atoms. The molecule has 0 aromatic heterocycles. The molecule has 50 heavy (non-hydrogen) atoms. The number of carboxylic acids is 2. The lowest BCUT2D eigenvalue weighted by Gasteiger charge is -2.39. The van der Waals surface area contributed by atoms with Crippen LogP contribution in [0.5, 0.6) is 0 Å². The first-order chi connectivity index (χ1) is 24.0. The Morgan fingerprint density at radius 1 is 0.540 bits per heavy atom. The summed E-state index contributed by atoms with van der Waals surface area (Å²) in [6.45, 7) is 16.1. The maximum Gasteiger partial charge on any atom is 0.310 e. The van der Waals surface area contributed by atoms with Gasteiger partial charge < -0.3 is 14.9 Å². The van der Waals surface area contributed by atoms with E-state index in [2.05, 4.69) is 48.5 Å². The van der Waals surface area contributed by atoms with Crippen molar-refractivity contribution in [1.29, 1.82) is 0 Å². The van der Waals surface area contributed by atoms with Gasteiger partial charge >= 0.3 is 17.9 Å². The number of ether oxygens (including phenoxy) is 1. The van der Waals surface area contributed by atoms with E-state index < -0.39 is 35.7 Å². The lowest BCUT2D eigenvalue weighted by molar-refractivity contribution is -0.167. The standard InChI is InChI=1S/C44H82O6/c1-8-12-16-20-21-25-29-36(33(5)26-22-17-13-9-2)30-38(34(6)27-23-18-14-10-3)41(35(7)28-24-19-15-11-4)50-44(49)40-32-37(42(45)46)31-39(40)43(47)48/h33-41H,8-32H2,1-7H3,(H,45,46)(H,47,48). The molecule has 0 bridgehead atoms. The molecule has 0 amide bonds. The third-order valence-electron chi connectivity index (χ3n) is 12.3. The molecule has 0 saturated heterocycles. The molecular weight excluding hydrogens is 624 g/mol. The van der Waals surface area contributed by atoms with Crippen molar-refractivity contribution in [1.82, 2.24) is 0 Å². The normalized spacial score (nSPS) is 21.3. The molecule has 6 heteroatoms. The largest absolute Gasteiger partial charge is 0.481 e. The van der Waals surface area contributed by atoms with E-state index in [0.29, 0.717) is 17.8 Å². The van der Waals surface area contributed by atoms with Crippen molar-refractivity contribution in [3.63, 3.8) is 0 Å². The van der Waals surface area contributed by atoms with Crippen LogP contribution in [0.1, 0.15) is 209 Å². The van der Waals surface area contributed by atoms with Gasteiger partial charge in [0.1, 0.15) is 6.10 Å². The number of rotatable bonds is 32. The molecule has 6 nitrogen and oxygen atoms in total. The highest BCUT2D eigenvalue weighted by Crippen LogP contribution is 2.42. The van der Waals surface area contributed by atoms with Crippen LogP contribution < -0.4 is 0 Å². The first-order valence-electron chi connectivity index (χ1n) is 21.7. The van der Waals surface area contributed by atoms with Crippen LogP contribution in [0, 0.1) is 47.3 Å². The lowest BCUT2D eigenvalue weighted by Crippen LogP contribution is -2.40. The van der Waals surface area contributed by atoms with Gasteiger partial charge in [-0.1, -0.05) is 183 Å². The maximum absolute atomic E-state index is 14.1. The van der Waals surface area contributed by atoms with Gasteiger partial charge in [0.15, 0.2) is 0 Å². The van der Waals surface area contributed by atoms with E-state index in [-0.39, 0.29) is 30.8 Å². The Hall–Kier alpha value is -1.59. The SMILES string of the molecule is CCCCCCCCC(CC(C(C)CCCCCC)C(OC(=O)C1CC(C(=O)O)CC1C(=O)O)C(C)CCCCCC)C(C)CCCCCC. The zero-order valence-corrected chi connectivity index (χ0v) is 33.9. The van der Waals surface area contributed by atoms with Crippen molar-refractivity contribution in [3.05, 3.63) is 0 Å². The molecule has 1 fully saturated rings. The Balaban J connectivity index is 3.45. The fraction of sp³-hybridized carbons (Fsp3) is 0.932. The number of carbonyl (C=O) groups excluding carboxylic acids is 1. The molecule has 0 radical (unpaired) electrons. The summed E-state index contributed by atoms with van der Waals surface area (Å²) in [6.07, 6.45) is 27.7. The number of aliphatic carboxylic acids is 2. The van der Waals surface area contributed by atoms with E-state index in [1.165, 1.54) is 116 Å². The van der Waals surface area contributed by atoms with Crippen LogP contribution >= 0.6 is 0 Å². The molecule has 0 aromatic carbocycles. The summed E-state index contributed by atoms with van der Waals surface area (Å²) in [6, 6.07) is 0. The topological polar surface area (TPSA) is 101 Å². The molecule has 294 valence electrons. The van der Waals surface area contributed by atoms with E-state index in [9.17, 15) is 24.6 Å². The minimum absolute atomic E-state index is 0.00515. The summed E-state index contributed by atoms with van der Waals surface area (Å²) in [4.78, 5) is 38.2. The van der Waals surface area contributed by atoms with Crippen molar-refractivity contribution in [2.75, 3.05) is 0 Å². The summed E-state index contributed by atoms with van der Waals surface area (Å²) < 4.78 is 6.64. The zero-order valence-electron chi connectivity index (χ0n) is 33.9. The second-order valence-corrected chi connectivity index (χ2v) is 16.7. The van der Waals surface area contributed by atoms with Crippen LogP contribution in [0.3, 0.4) is 0 Å². The minimum Gasteiger partial charge on any atom is -0.481 e. The summed E-state index contributed by atoms with van der Waals surface area (Å²) >= 11 is 0. The minimum atomic E-state index is -1.09. The van der Waals surface area contributed by atoms with Crippen LogP contribution in [-0.2, 0) is 19.1 Å². The molecule has 1 aliphatic carbocycles. The van der Waals surface area contributed by atoms with Crippen LogP contribution in [0.15, 0.2) is 0 Å². The summed E-state index contributed by atoms with van der Waals surface area (Å²) in [5, 5.41) is 19.7. The summed E-state index contributed by atoms with van der Waals surface area (Å²) in [7, 11) is 0. The van der Waals surface area contributed by atoms with Crippen molar-refractivity contribution in [2.45, 2.75) is 215 Å². The van der Waals surface area contributed by atoms with Gasteiger partial charge in [-0.15, -0.1) is 0 Å². The molecule has 1 aliphatic rings. The van der Waals surface area contributed by atoms with Gasteiger partial charge in [-0.05, 0) is 55.3 Å². The number of unbranched alkanes of at least 4 members (excludes halogenated alkanes) is 14. The second-order valence-electron chi connectivity index (χ2n) is 16.7. The Bertz CT molecular complexity index is 888. The van der Waals surface area contributed by atoms with E-state index in [1.807, 2.05) is 0 Å². The Kier molecular flexibility index (Phi) is 26.0. The first kappa shape index (κ1) is 46.4. The monoisotopic (exact) mass is 707 g/mol. The van der Waals surface area contributed by atoms with E-state index >= 15 is 0 Å². The van der Waals surface area contributed by atoms with E-state index in [1.54, 1.807) is 0 Å². The Morgan fingerprint density at radius 2 is 0.960 bits per heavy atom. The smallest absolute Gasteiger partial charge is 0.310 e. The van der Waals surface area contributed by atoms with Gasteiger partial charge in [-0.2, -0.15) is 0 Å². The summed E-state index contributed by atoms with van der Waals surface area (Å²) in [5.74, 6) is -3.39. The van der Waals surface area contributed by atoms with Crippen molar-refractivity contribution >= 4 is 17.9 Å². The molecular formula is C44H82O6. The molecule has 0 aliphatic heterocycles. The van der Waals surface area contributed by atoms with Gasteiger partial charge in [0, 0.05) is 0 Å². The van der Waals surface area contributed by atoms with Crippen LogP contribution in [0.4, 0.5) is 0 Å². The van der Waals surface area contributed by atoms with Crippen LogP contribution in [0.25, 0.3) is 0 Å². The fourth-order valence-corrected chi connectivity index (χ4v) is 8.77. The van der Waals surface area contributed by atoms with Gasteiger partial charge in [0.05, 0.1) is 17.8 Å². The number of carboxylic acid groups (broad SMARTS) is 2. The van der Waals surface area contributed by atoms with Crippen LogP contribution in [-0.4, -0.2) is 34.2 Å². The third kappa shape index (κ3) is 18.3. The van der Waals surface area contributed by atoms with Crippen LogP contribution in [0.2, 0.25) is 0 Å². The van der Waals surface area contributed by atoms with E-state index in [4.69, 9.17) is 4.74 Å². The van der Waals surface area contributed by atoms with Crippen molar-refractivity contribution in [3.8, 4) is 0 Å². The molecule has 1 saturated carbocycles. The third-order valence-corrected chi connectivity index (χ3v) is 12.3. The van der Waals surface area contributed by atoms with E-state index in [0.717, 1.165) is 32.1 Å². The predicted octanol–water partition coefficient (Wildman–Crippen LogP) is 12.9. The number of hydrogen-bond acceptors (Lipinski definition) is 4. The fourth-order valence-electron chi connectivity index (χ4n) is 8.77. The quantitative estimate of drug-likeness (QED) is 0.0533. The highest BCUT2D eigenvalue weighted by atomic mass is 16.5. The van der Waals surface area contributed by atoms with Crippen molar-refractivity contribution in [2.24, 2.45) is 47.3 Å². The van der Waals surface area contributed by atoms with Gasteiger partial charge in [0.2, 0.25) is 0 Å². The zero-order chi connectivity index (χ0) is 37.3. The molecule has 2 N–H and O–H groups in total. The molecule has 9 atom stereocenters. The molecule has 9 unspecified atom stereocenters. The maximum atomic E-state index is 14.1. The van der Waals surface area contributed by atoms with Gasteiger partial charge in [-0.3, -0.25) is 14.4 Å². The van der Waals surface area contributed by atoms with Crippen molar-refractivity contribution < 1.29 is 29.3 Å². The lowest BCUT2D eigenvalue weighted by atomic mass is 9.71. The Morgan fingerprint density at radius 3 is 1.46 bits per heavy atom. The predicted molar refractivity (Wildman–Crippen MR) is 208 cm³/mol. The summed E-state index contributed by atoms with van der Waals surface area (Å²) in [5.41, 5.74) is 0. The van der Waals surface area contributed by atoms with Gasteiger partial charge in [-0.25, -0.2) is 0 Å². The molecule has 0 heterocycles. The molecule has 0 aromatic rings. The second kappa shape index (κ2) is 28.0. The average molecular weight is 707 g/mol. The highest BCUT2D eigenvalue weighted by molar-refractivity contribution is 5.84. The number of carbonyl (C=O) groups is 3.